The average molecular weight is 506 g/mol. The molecule has 0 unspecified atom stereocenters. The quantitative estimate of drug-likeness (QED) is 0.194. The highest BCUT2D eigenvalue weighted by Crippen LogP contribution is 2.39. The van der Waals surface area contributed by atoms with Crippen LogP contribution in [0, 0.1) is 11.8 Å². The van der Waals surface area contributed by atoms with E-state index in [0.717, 1.165) is 25.0 Å². The van der Waals surface area contributed by atoms with Crippen LogP contribution < -0.4 is 0 Å². The Morgan fingerprint density at radius 3 is 2.53 bits per heavy atom. The Hall–Kier alpha value is -1.04. The molecule has 1 aliphatic rings. The van der Waals surface area contributed by atoms with Crippen LogP contribution in [0.4, 0.5) is 13.2 Å². The number of hydrogen-bond acceptors (Lipinski definition) is 2. The maximum atomic E-state index is 13.2. The lowest BCUT2D eigenvalue weighted by Crippen LogP contribution is -2.41. The van der Waals surface area contributed by atoms with Gasteiger partial charge in [-0.1, -0.05) is 55.0 Å². The van der Waals surface area contributed by atoms with Gasteiger partial charge in [0.25, 0.3) is 5.78 Å². The number of carbonyl (C=O) groups is 1. The van der Waals surface area contributed by atoms with Crippen LogP contribution in [0.5, 0.6) is 0 Å². The molecule has 0 N–H and O–H groups in total. The van der Waals surface area contributed by atoms with Gasteiger partial charge in [-0.05, 0) is 43.5 Å². The van der Waals surface area contributed by atoms with Gasteiger partial charge in [0.2, 0.25) is 0 Å². The molecule has 0 saturated carbocycles. The van der Waals surface area contributed by atoms with E-state index >= 15 is 0 Å². The van der Waals surface area contributed by atoms with Gasteiger partial charge in [-0.2, -0.15) is 13.2 Å². The molecule has 0 saturated heterocycles. The van der Waals surface area contributed by atoms with Gasteiger partial charge >= 0.3 is 6.18 Å². The van der Waals surface area contributed by atoms with Crippen molar-refractivity contribution >= 4 is 30.0 Å². The first-order chi connectivity index (χ1) is 13.8. The fourth-order valence-corrected chi connectivity index (χ4v) is 4.76. The summed E-state index contributed by atoms with van der Waals surface area (Å²) < 4.78 is 47.5. The van der Waals surface area contributed by atoms with Crippen LogP contribution in [0.1, 0.15) is 74.1 Å². The highest BCUT2D eigenvalue weighted by Gasteiger charge is 2.42. The van der Waals surface area contributed by atoms with Crippen molar-refractivity contribution in [2.45, 2.75) is 83.2 Å². The molecule has 0 bridgehead atoms. The predicted molar refractivity (Wildman–Crippen MR) is 120 cm³/mol. The molecule has 0 spiro atoms. The largest absolute Gasteiger partial charge is 0.456 e. The minimum atomic E-state index is -4.90. The van der Waals surface area contributed by atoms with Gasteiger partial charge in [0.15, 0.2) is 8.32 Å². The third kappa shape index (κ3) is 5.80. The zero-order valence-electron chi connectivity index (χ0n) is 18.4. The van der Waals surface area contributed by atoms with Crippen molar-refractivity contribution in [1.82, 2.24) is 4.57 Å². The van der Waals surface area contributed by atoms with Crippen molar-refractivity contribution in [3.05, 3.63) is 23.0 Å². The number of aromatic nitrogens is 1. The minimum Gasteiger partial charge on any atom is -0.417 e. The highest BCUT2D eigenvalue weighted by atomic mass is 79.9. The number of hydrogen-bond donors (Lipinski definition) is 0. The Morgan fingerprint density at radius 2 is 1.97 bits per heavy atom. The van der Waals surface area contributed by atoms with Crippen molar-refractivity contribution in [1.29, 1.82) is 0 Å². The number of halogens is 4. The van der Waals surface area contributed by atoms with E-state index in [-0.39, 0.29) is 16.7 Å². The third-order valence-corrected chi connectivity index (χ3v) is 11.0. The summed E-state index contributed by atoms with van der Waals surface area (Å²) >= 11 is 3.24. The molecule has 1 atom stereocenters. The second-order valence-electron chi connectivity index (χ2n) is 9.33. The summed E-state index contributed by atoms with van der Waals surface area (Å²) in [6.07, 6.45) is -1.70. The fraction of sp³-hybridized carbons (Fsp3) is 0.682. The zero-order valence-corrected chi connectivity index (χ0v) is 21.0. The average Bonchev–Trinajstić information content (AvgIpc) is 2.84. The van der Waals surface area contributed by atoms with Gasteiger partial charge in [-0.3, -0.25) is 4.79 Å². The summed E-state index contributed by atoms with van der Waals surface area (Å²) in [6, 6.07) is 1.33. The molecule has 2 rings (SSSR count). The Kier molecular flexibility index (Phi) is 8.09. The smallest absolute Gasteiger partial charge is 0.417 e. The first-order valence-corrected chi connectivity index (χ1v) is 14.4. The van der Waals surface area contributed by atoms with E-state index in [1.807, 2.05) is 0 Å². The van der Waals surface area contributed by atoms with Crippen molar-refractivity contribution < 1.29 is 22.4 Å². The summed E-state index contributed by atoms with van der Waals surface area (Å²) in [5.41, 5.74) is 0.988. The lowest BCUT2D eigenvalue weighted by atomic mass is 9.94. The zero-order chi connectivity index (χ0) is 22.7. The summed E-state index contributed by atoms with van der Waals surface area (Å²) in [5.74, 6) is 4.07. The van der Waals surface area contributed by atoms with Crippen molar-refractivity contribution in [2.24, 2.45) is 0 Å². The van der Waals surface area contributed by atoms with E-state index in [1.54, 1.807) is 4.57 Å². The van der Waals surface area contributed by atoms with Crippen molar-refractivity contribution in [2.75, 3.05) is 11.9 Å². The maximum absolute atomic E-state index is 13.2. The number of ketones is 1. The van der Waals surface area contributed by atoms with Crippen LogP contribution in [0.25, 0.3) is 0 Å². The van der Waals surface area contributed by atoms with Crippen molar-refractivity contribution in [3.8, 4) is 11.8 Å². The van der Waals surface area contributed by atoms with Crippen LogP contribution in [-0.4, -0.2) is 36.8 Å². The number of alkyl halides is 4. The summed E-state index contributed by atoms with van der Waals surface area (Å²) in [5, 5.41) is 0.509. The Bertz CT molecular complexity index is 828. The molecule has 8 heteroatoms. The van der Waals surface area contributed by atoms with Gasteiger partial charge < -0.3 is 8.99 Å². The first-order valence-electron chi connectivity index (χ1n) is 10.3. The van der Waals surface area contributed by atoms with Crippen molar-refractivity contribution in [3.63, 3.8) is 0 Å². The molecule has 30 heavy (non-hydrogen) atoms. The van der Waals surface area contributed by atoms with E-state index in [0.29, 0.717) is 30.5 Å². The third-order valence-electron chi connectivity index (χ3n) is 6.22. The molecule has 1 aromatic heterocycles. The van der Waals surface area contributed by atoms with Crippen LogP contribution in [0.15, 0.2) is 6.07 Å². The number of rotatable bonds is 5. The molecule has 168 valence electrons. The van der Waals surface area contributed by atoms with E-state index in [9.17, 15) is 18.0 Å². The van der Waals surface area contributed by atoms with Gasteiger partial charge in [-0.25, -0.2) is 0 Å². The highest BCUT2D eigenvalue weighted by molar-refractivity contribution is 9.09. The number of Topliss-reactive ketones (excluding diaryl/α,β-unsaturated/α-hetero) is 1. The van der Waals surface area contributed by atoms with E-state index in [4.69, 9.17) is 4.43 Å². The molecule has 2 heterocycles. The monoisotopic (exact) mass is 505 g/mol. The Morgan fingerprint density at radius 1 is 1.30 bits per heavy atom. The van der Waals surface area contributed by atoms with Gasteiger partial charge in [-0.15, -0.1) is 0 Å². The Labute approximate surface area is 187 Å². The van der Waals surface area contributed by atoms with E-state index in [2.05, 4.69) is 61.6 Å². The van der Waals surface area contributed by atoms with Crippen LogP contribution in [-0.2, 0) is 11.0 Å². The maximum Gasteiger partial charge on any atom is 0.456 e. The van der Waals surface area contributed by atoms with Gasteiger partial charge in [0, 0.05) is 30.3 Å². The molecule has 0 radical (unpaired) electrons. The van der Waals surface area contributed by atoms with E-state index in [1.165, 1.54) is 6.07 Å². The predicted octanol–water partition coefficient (Wildman–Crippen LogP) is 6.66. The fourth-order valence-electron chi connectivity index (χ4n) is 3.56. The topological polar surface area (TPSA) is 31.2 Å². The van der Waals surface area contributed by atoms with E-state index < -0.39 is 20.3 Å². The van der Waals surface area contributed by atoms with Crippen LogP contribution in [0.2, 0.25) is 18.1 Å². The molecular weight excluding hydrogens is 475 g/mol. The molecular formula is C22H31BrF3NO2Si. The summed E-state index contributed by atoms with van der Waals surface area (Å²) in [4.78, 5) is 12.1. The number of nitrogens with zero attached hydrogens (tertiary/aromatic N) is 1. The molecule has 0 amide bonds. The minimum absolute atomic E-state index is 0.0201. The standard InChI is InChI=1S/C22H31BrF3NO2Si/c1-21(2,3)30(4,5)29-14-11-16-9-6-7-13-27-18(20(28)22(24,25)26)15-17(19(16)27)10-8-12-23/h15-16H,6-7,9,11-14H2,1-5H3/t16-/m1/s1. The second kappa shape index (κ2) is 9.62. The van der Waals surface area contributed by atoms with Crippen LogP contribution in [0.3, 0.4) is 0 Å². The molecule has 1 aliphatic heterocycles. The lowest BCUT2D eigenvalue weighted by molar-refractivity contribution is -0.0890. The SMILES string of the molecule is CC(C)(C)[Si](C)(C)OCC[C@H]1CCCCn2c(C(=O)C(F)(F)F)cc(C#CCBr)c21. The number of carbonyl (C=O) groups excluding carboxylic acids is 1. The Balaban J connectivity index is 2.39. The van der Waals surface area contributed by atoms with Crippen LogP contribution >= 0.6 is 15.9 Å². The second-order valence-corrected chi connectivity index (χ2v) is 14.7. The molecule has 3 nitrogen and oxygen atoms in total. The molecule has 0 aliphatic carbocycles. The number of fused-ring (bicyclic) bond motifs is 1. The van der Waals surface area contributed by atoms with Gasteiger partial charge in [0.1, 0.15) is 0 Å². The normalized spacial score (nSPS) is 17.7. The first kappa shape index (κ1) is 25.2. The lowest BCUT2D eigenvalue weighted by Gasteiger charge is -2.36. The summed E-state index contributed by atoms with van der Waals surface area (Å²) in [6.45, 7) is 11.9. The molecule has 0 fully saturated rings. The molecule has 1 aromatic rings. The summed E-state index contributed by atoms with van der Waals surface area (Å²) in [7, 11) is -1.91. The van der Waals surface area contributed by atoms with Gasteiger partial charge in [0.05, 0.1) is 11.0 Å². The molecule has 0 aromatic carbocycles.